The van der Waals surface area contributed by atoms with Crippen LogP contribution in [0.2, 0.25) is 0 Å². The number of carbonyl (C=O) groups is 1. The second kappa shape index (κ2) is 6.95. The van der Waals surface area contributed by atoms with Crippen molar-refractivity contribution in [3.63, 3.8) is 0 Å². The molecule has 130 valence electrons. The van der Waals surface area contributed by atoms with Gasteiger partial charge in [0.2, 0.25) is 5.91 Å². The molecule has 4 rings (SSSR count). The van der Waals surface area contributed by atoms with Gasteiger partial charge in [0.25, 0.3) is 0 Å². The fourth-order valence-electron chi connectivity index (χ4n) is 5.01. The first kappa shape index (κ1) is 16.8. The van der Waals surface area contributed by atoms with Crippen LogP contribution in [-0.4, -0.2) is 21.5 Å². The molecule has 1 unspecified atom stereocenters. The van der Waals surface area contributed by atoms with E-state index in [4.69, 9.17) is 0 Å². The number of aryl methyl sites for hydroxylation is 1. The number of hydrogen-bond donors (Lipinski definition) is 1. The van der Waals surface area contributed by atoms with Gasteiger partial charge in [0, 0.05) is 23.1 Å². The molecule has 1 saturated heterocycles. The Morgan fingerprint density at radius 1 is 1.17 bits per heavy atom. The van der Waals surface area contributed by atoms with E-state index >= 15 is 0 Å². The number of rotatable bonds is 3. The molecule has 1 aliphatic heterocycles. The van der Waals surface area contributed by atoms with Crippen LogP contribution in [0.15, 0.2) is 24.3 Å². The first-order valence-corrected chi connectivity index (χ1v) is 11.4. The SMILES string of the molecule is CCc1ccccc1NC(=O)C1C[C@H]2CCC[C@@H](C1)C21SCCS1. The van der Waals surface area contributed by atoms with E-state index in [0.29, 0.717) is 4.08 Å². The summed E-state index contributed by atoms with van der Waals surface area (Å²) in [5.74, 6) is 4.55. The van der Waals surface area contributed by atoms with Gasteiger partial charge in [-0.1, -0.05) is 31.5 Å². The van der Waals surface area contributed by atoms with Gasteiger partial charge in [-0.05, 0) is 55.6 Å². The number of anilines is 1. The number of thioether (sulfide) groups is 2. The van der Waals surface area contributed by atoms with Crippen molar-refractivity contribution in [1.29, 1.82) is 0 Å². The highest BCUT2D eigenvalue weighted by molar-refractivity contribution is 8.21. The Hall–Kier alpha value is -0.610. The molecule has 1 heterocycles. The quantitative estimate of drug-likeness (QED) is 0.803. The van der Waals surface area contributed by atoms with Gasteiger partial charge >= 0.3 is 0 Å². The van der Waals surface area contributed by atoms with Crippen molar-refractivity contribution in [3.05, 3.63) is 29.8 Å². The van der Waals surface area contributed by atoms with Crippen molar-refractivity contribution < 1.29 is 4.79 Å². The molecule has 0 aromatic heterocycles. The number of hydrogen-bond acceptors (Lipinski definition) is 3. The summed E-state index contributed by atoms with van der Waals surface area (Å²) < 4.78 is 0.455. The third-order valence-corrected chi connectivity index (χ3v) is 10.2. The summed E-state index contributed by atoms with van der Waals surface area (Å²) in [5, 5.41) is 3.25. The normalized spacial score (nSPS) is 31.1. The Kier molecular flexibility index (Phi) is 4.88. The largest absolute Gasteiger partial charge is 0.326 e. The molecule has 3 aliphatic rings. The third-order valence-electron chi connectivity index (χ3n) is 6.15. The van der Waals surface area contributed by atoms with Gasteiger partial charge in [-0.25, -0.2) is 0 Å². The summed E-state index contributed by atoms with van der Waals surface area (Å²) in [7, 11) is 0. The number of benzene rings is 1. The Morgan fingerprint density at radius 3 is 2.50 bits per heavy atom. The minimum absolute atomic E-state index is 0.206. The van der Waals surface area contributed by atoms with E-state index in [1.165, 1.54) is 36.3 Å². The molecule has 2 saturated carbocycles. The Bertz CT molecular complexity index is 595. The minimum atomic E-state index is 0.206. The number of para-hydroxylation sites is 1. The molecule has 1 spiro atoms. The number of carbonyl (C=O) groups excluding carboxylic acids is 1. The van der Waals surface area contributed by atoms with Gasteiger partial charge in [0.05, 0.1) is 4.08 Å². The van der Waals surface area contributed by atoms with Crippen LogP contribution in [0.3, 0.4) is 0 Å². The molecular formula is C20H27NOS2. The zero-order chi connectivity index (χ0) is 16.6. The predicted octanol–water partition coefficient (Wildman–Crippen LogP) is 5.19. The second-order valence-electron chi connectivity index (χ2n) is 7.41. The zero-order valence-corrected chi connectivity index (χ0v) is 16.1. The summed E-state index contributed by atoms with van der Waals surface area (Å²) in [6.07, 6.45) is 7.17. The molecular weight excluding hydrogens is 334 g/mol. The van der Waals surface area contributed by atoms with Crippen LogP contribution >= 0.6 is 23.5 Å². The van der Waals surface area contributed by atoms with Crippen LogP contribution in [0.25, 0.3) is 0 Å². The Labute approximate surface area is 153 Å². The van der Waals surface area contributed by atoms with Gasteiger partial charge in [0.15, 0.2) is 0 Å². The highest BCUT2D eigenvalue weighted by Gasteiger charge is 2.55. The van der Waals surface area contributed by atoms with Crippen LogP contribution < -0.4 is 5.32 Å². The molecule has 24 heavy (non-hydrogen) atoms. The molecule has 1 amide bonds. The molecule has 0 radical (unpaired) electrons. The highest BCUT2D eigenvalue weighted by Crippen LogP contribution is 2.64. The van der Waals surface area contributed by atoms with E-state index in [0.717, 1.165) is 36.8 Å². The van der Waals surface area contributed by atoms with Crippen molar-refractivity contribution in [2.45, 2.75) is 49.5 Å². The lowest BCUT2D eigenvalue weighted by atomic mass is 9.67. The highest BCUT2D eigenvalue weighted by atomic mass is 32.2. The summed E-state index contributed by atoms with van der Waals surface area (Å²) in [6, 6.07) is 8.24. The number of amides is 1. The van der Waals surface area contributed by atoms with Crippen molar-refractivity contribution in [2.75, 3.05) is 16.8 Å². The maximum Gasteiger partial charge on any atom is 0.227 e. The maximum absolute atomic E-state index is 12.9. The molecule has 3 fully saturated rings. The smallest absolute Gasteiger partial charge is 0.227 e. The zero-order valence-electron chi connectivity index (χ0n) is 14.4. The van der Waals surface area contributed by atoms with Gasteiger partial charge in [-0.2, -0.15) is 0 Å². The van der Waals surface area contributed by atoms with Gasteiger partial charge in [0.1, 0.15) is 0 Å². The van der Waals surface area contributed by atoms with Crippen molar-refractivity contribution in [3.8, 4) is 0 Å². The average Bonchev–Trinajstić information content (AvgIpc) is 3.04. The molecule has 1 N–H and O–H groups in total. The second-order valence-corrected chi connectivity index (χ2v) is 10.4. The summed E-state index contributed by atoms with van der Waals surface area (Å²) in [5.41, 5.74) is 2.25. The summed E-state index contributed by atoms with van der Waals surface area (Å²) in [6.45, 7) is 2.15. The van der Waals surface area contributed by atoms with E-state index < -0.39 is 0 Å². The summed E-state index contributed by atoms with van der Waals surface area (Å²) in [4.78, 5) is 12.9. The van der Waals surface area contributed by atoms with E-state index in [9.17, 15) is 4.79 Å². The topological polar surface area (TPSA) is 29.1 Å². The maximum atomic E-state index is 12.9. The molecule has 2 bridgehead atoms. The lowest BCUT2D eigenvalue weighted by molar-refractivity contribution is -0.122. The van der Waals surface area contributed by atoms with Gasteiger partial charge < -0.3 is 5.32 Å². The van der Waals surface area contributed by atoms with E-state index in [2.05, 4.69) is 47.9 Å². The monoisotopic (exact) mass is 361 g/mol. The fraction of sp³-hybridized carbons (Fsp3) is 0.650. The van der Waals surface area contributed by atoms with E-state index in [-0.39, 0.29) is 11.8 Å². The van der Waals surface area contributed by atoms with E-state index in [1.807, 2.05) is 12.1 Å². The molecule has 1 aromatic rings. The van der Waals surface area contributed by atoms with Crippen molar-refractivity contribution in [1.82, 2.24) is 0 Å². The minimum Gasteiger partial charge on any atom is -0.326 e. The molecule has 3 atom stereocenters. The Balaban J connectivity index is 1.49. The molecule has 2 nitrogen and oxygen atoms in total. The summed E-state index contributed by atoms with van der Waals surface area (Å²) >= 11 is 4.43. The third kappa shape index (κ3) is 2.90. The van der Waals surface area contributed by atoms with Gasteiger partial charge in [-0.3, -0.25) is 4.79 Å². The van der Waals surface area contributed by atoms with Crippen molar-refractivity contribution in [2.24, 2.45) is 17.8 Å². The lowest BCUT2D eigenvalue weighted by Crippen LogP contribution is -2.48. The van der Waals surface area contributed by atoms with Gasteiger partial charge in [-0.15, -0.1) is 23.5 Å². The molecule has 1 aromatic carbocycles. The molecule has 2 aliphatic carbocycles. The average molecular weight is 362 g/mol. The first-order chi connectivity index (χ1) is 11.7. The Morgan fingerprint density at radius 2 is 1.83 bits per heavy atom. The number of nitrogens with one attached hydrogen (secondary N) is 1. The van der Waals surface area contributed by atoms with Crippen LogP contribution in [0, 0.1) is 17.8 Å². The van der Waals surface area contributed by atoms with E-state index in [1.54, 1.807) is 0 Å². The standard InChI is InChI=1S/C20H27NOS2/c1-2-14-6-3-4-9-18(14)21-19(22)15-12-16-7-5-8-17(13-15)20(16)23-10-11-24-20/h3-4,6,9,15-17H,2,5,7-8,10-13H2,1H3,(H,21,22)/t15?,16-,17+. The van der Waals surface area contributed by atoms with Crippen LogP contribution in [0.5, 0.6) is 0 Å². The fourth-order valence-corrected chi connectivity index (χ4v) is 8.95. The van der Waals surface area contributed by atoms with Crippen molar-refractivity contribution >= 4 is 35.1 Å². The van der Waals surface area contributed by atoms with Crippen LogP contribution in [-0.2, 0) is 11.2 Å². The predicted molar refractivity (Wildman–Crippen MR) is 106 cm³/mol. The van der Waals surface area contributed by atoms with Crippen LogP contribution in [0.4, 0.5) is 5.69 Å². The first-order valence-electron chi connectivity index (χ1n) is 9.39. The molecule has 4 heteroatoms. The van der Waals surface area contributed by atoms with Crippen LogP contribution in [0.1, 0.15) is 44.6 Å². The lowest BCUT2D eigenvalue weighted by Gasteiger charge is -2.52.